The number of rotatable bonds is 4. The lowest BCUT2D eigenvalue weighted by molar-refractivity contribution is -0.345. The summed E-state index contributed by atoms with van der Waals surface area (Å²) < 4.78 is 11.9. The summed E-state index contributed by atoms with van der Waals surface area (Å²) in [7, 11) is 0. The van der Waals surface area contributed by atoms with E-state index >= 15 is 0 Å². The van der Waals surface area contributed by atoms with Gasteiger partial charge in [0.15, 0.2) is 6.29 Å². The second-order valence-corrected chi connectivity index (χ2v) is 17.6. The summed E-state index contributed by atoms with van der Waals surface area (Å²) in [6.07, 6.45) is -2.18. The summed E-state index contributed by atoms with van der Waals surface area (Å²) >= 11 is 0. The number of allylic oxidation sites excluding steroid dienone is 1. The standard InChI is InChI=1S/C35H58O10/c1-30(2)11-12-35(43)19(13-30)18-7-8-23-31(3)14-20(38)28(45-29-27(42)26(41)25(40)21(16-36)44-29)32(4,17-37)22(31)9-10-33(23,5)34(18,6)15-24(35)39/h7,19-29,36-43H,8-17H2,1-6H3/t19-,20+,21-,22-,23+,24+,25-,26+,27-,28+,29+,31+,32+,33-,34-,35-/m1/s1. The fourth-order valence-electron chi connectivity index (χ4n) is 12.0. The van der Waals surface area contributed by atoms with Gasteiger partial charge in [0.1, 0.15) is 24.4 Å². The SMILES string of the molecule is CC1(C)CC[C@@]2(O)[C@H](C1)C1=CC[C@H]3[C@@]4(C)C[C@H](O)[C@H](O[C@@H]5O[C@H](CO)[C@@H](O)[C@H](O)[C@H]5O)[C@@](C)(CO)[C@@H]4CC[C@@]3(C)[C@]1(C)C[C@@H]2O. The van der Waals surface area contributed by atoms with Crippen molar-refractivity contribution in [2.24, 2.45) is 44.8 Å². The van der Waals surface area contributed by atoms with Gasteiger partial charge in [0, 0.05) is 11.3 Å². The van der Waals surface area contributed by atoms with Crippen molar-refractivity contribution >= 4 is 0 Å². The van der Waals surface area contributed by atoms with Crippen molar-refractivity contribution in [3.63, 3.8) is 0 Å². The number of hydrogen-bond acceptors (Lipinski definition) is 10. The molecule has 0 spiro atoms. The molecule has 4 saturated carbocycles. The Kier molecular flexibility index (Phi) is 8.30. The molecule has 0 aromatic rings. The summed E-state index contributed by atoms with van der Waals surface area (Å²) in [4.78, 5) is 0. The molecule has 6 rings (SSSR count). The molecule has 8 N–H and O–H groups in total. The third-order valence-corrected chi connectivity index (χ3v) is 14.8. The highest BCUT2D eigenvalue weighted by Crippen LogP contribution is 2.75. The Morgan fingerprint density at radius 2 is 1.53 bits per heavy atom. The van der Waals surface area contributed by atoms with Gasteiger partial charge in [0.2, 0.25) is 0 Å². The molecule has 5 fully saturated rings. The van der Waals surface area contributed by atoms with Crippen LogP contribution in [0.4, 0.5) is 0 Å². The van der Waals surface area contributed by atoms with Crippen molar-refractivity contribution in [1.29, 1.82) is 0 Å². The molecule has 5 aliphatic carbocycles. The highest BCUT2D eigenvalue weighted by Gasteiger charge is 2.71. The minimum Gasteiger partial charge on any atom is -0.396 e. The van der Waals surface area contributed by atoms with Crippen molar-refractivity contribution < 1.29 is 50.3 Å². The summed E-state index contributed by atoms with van der Waals surface area (Å²) in [6, 6.07) is 0. The highest BCUT2D eigenvalue weighted by atomic mass is 16.7. The Morgan fingerprint density at radius 1 is 0.844 bits per heavy atom. The van der Waals surface area contributed by atoms with Crippen LogP contribution in [0.25, 0.3) is 0 Å². The van der Waals surface area contributed by atoms with Crippen LogP contribution in [0.3, 0.4) is 0 Å². The molecule has 6 aliphatic rings. The lowest BCUT2D eigenvalue weighted by atomic mass is 9.34. The molecule has 0 aromatic heterocycles. The number of fused-ring (bicyclic) bond motifs is 7. The van der Waals surface area contributed by atoms with Crippen LogP contribution in [-0.2, 0) is 9.47 Å². The summed E-state index contributed by atoms with van der Waals surface area (Å²) in [5, 5.41) is 87.4. The minimum atomic E-state index is -1.61. The normalized spacial score (nSPS) is 57.6. The first kappa shape index (κ1) is 34.2. The Hall–Kier alpha value is -0.660. The van der Waals surface area contributed by atoms with Crippen molar-refractivity contribution in [1.82, 2.24) is 0 Å². The van der Waals surface area contributed by atoms with Crippen LogP contribution in [0.1, 0.15) is 92.9 Å². The van der Waals surface area contributed by atoms with Gasteiger partial charge in [-0.1, -0.05) is 53.2 Å². The zero-order chi connectivity index (χ0) is 33.1. The zero-order valence-electron chi connectivity index (χ0n) is 27.9. The van der Waals surface area contributed by atoms with Gasteiger partial charge in [-0.2, -0.15) is 0 Å². The van der Waals surface area contributed by atoms with Crippen LogP contribution in [-0.4, -0.2) is 109 Å². The van der Waals surface area contributed by atoms with Crippen molar-refractivity contribution in [2.45, 2.75) is 148 Å². The van der Waals surface area contributed by atoms with Gasteiger partial charge in [-0.15, -0.1) is 0 Å². The van der Waals surface area contributed by atoms with E-state index in [2.05, 4.69) is 40.7 Å². The fourth-order valence-corrected chi connectivity index (χ4v) is 12.0. The number of aliphatic hydroxyl groups is 8. The Balaban J connectivity index is 1.34. The van der Waals surface area contributed by atoms with Gasteiger partial charge in [0.05, 0.1) is 37.1 Å². The first-order chi connectivity index (χ1) is 20.8. The average molecular weight is 639 g/mol. The second kappa shape index (κ2) is 10.9. The molecule has 1 saturated heterocycles. The topological polar surface area (TPSA) is 180 Å². The molecular weight excluding hydrogens is 580 g/mol. The van der Waals surface area contributed by atoms with Crippen LogP contribution < -0.4 is 0 Å². The van der Waals surface area contributed by atoms with Crippen LogP contribution >= 0.6 is 0 Å². The van der Waals surface area contributed by atoms with E-state index in [-0.39, 0.29) is 40.6 Å². The third kappa shape index (κ3) is 4.64. The largest absolute Gasteiger partial charge is 0.396 e. The summed E-state index contributed by atoms with van der Waals surface area (Å²) in [5.41, 5.74) is -1.68. The molecule has 10 heteroatoms. The van der Waals surface area contributed by atoms with Gasteiger partial charge in [-0.05, 0) is 84.9 Å². The molecule has 0 radical (unpaired) electrons. The van der Waals surface area contributed by atoms with Gasteiger partial charge >= 0.3 is 0 Å². The van der Waals surface area contributed by atoms with Crippen molar-refractivity contribution in [3.05, 3.63) is 11.6 Å². The third-order valence-electron chi connectivity index (χ3n) is 14.8. The van der Waals surface area contributed by atoms with E-state index < -0.39 is 72.1 Å². The fraction of sp³-hybridized carbons (Fsp3) is 0.943. The smallest absolute Gasteiger partial charge is 0.187 e. The molecule has 0 aromatic carbocycles. The van der Waals surface area contributed by atoms with E-state index in [9.17, 15) is 40.9 Å². The van der Waals surface area contributed by atoms with E-state index in [1.165, 1.54) is 5.57 Å². The number of hydrogen-bond donors (Lipinski definition) is 8. The van der Waals surface area contributed by atoms with E-state index in [4.69, 9.17) is 9.47 Å². The molecule has 258 valence electrons. The van der Waals surface area contributed by atoms with Crippen LogP contribution in [0.15, 0.2) is 11.6 Å². The molecular formula is C35H58O10. The van der Waals surface area contributed by atoms with Crippen LogP contribution in [0.2, 0.25) is 0 Å². The molecule has 0 bridgehead atoms. The molecule has 0 amide bonds. The van der Waals surface area contributed by atoms with Gasteiger partial charge in [0.25, 0.3) is 0 Å². The minimum absolute atomic E-state index is 0.0658. The Bertz CT molecular complexity index is 1180. The van der Waals surface area contributed by atoms with Crippen LogP contribution in [0, 0.1) is 44.8 Å². The van der Waals surface area contributed by atoms with E-state index in [1.807, 2.05) is 6.92 Å². The number of aliphatic hydroxyl groups excluding tert-OH is 7. The predicted molar refractivity (Wildman–Crippen MR) is 164 cm³/mol. The average Bonchev–Trinajstić information content (AvgIpc) is 2.96. The maximum absolute atomic E-state index is 11.9. The van der Waals surface area contributed by atoms with E-state index in [1.54, 1.807) is 0 Å². The van der Waals surface area contributed by atoms with E-state index in [0.29, 0.717) is 19.3 Å². The van der Waals surface area contributed by atoms with Crippen LogP contribution in [0.5, 0.6) is 0 Å². The first-order valence-corrected chi connectivity index (χ1v) is 17.2. The van der Waals surface area contributed by atoms with Crippen molar-refractivity contribution in [3.8, 4) is 0 Å². The Labute approximate surface area is 267 Å². The highest BCUT2D eigenvalue weighted by molar-refractivity contribution is 5.35. The molecule has 45 heavy (non-hydrogen) atoms. The summed E-state index contributed by atoms with van der Waals surface area (Å²) in [6.45, 7) is 12.4. The first-order valence-electron chi connectivity index (χ1n) is 17.2. The second-order valence-electron chi connectivity index (χ2n) is 17.6. The lowest BCUT2D eigenvalue weighted by Gasteiger charge is -2.72. The monoisotopic (exact) mass is 638 g/mol. The van der Waals surface area contributed by atoms with E-state index in [0.717, 1.165) is 32.1 Å². The summed E-state index contributed by atoms with van der Waals surface area (Å²) in [5.74, 6) is -0.0422. The molecule has 1 heterocycles. The lowest BCUT2D eigenvalue weighted by Crippen LogP contribution is -2.70. The van der Waals surface area contributed by atoms with Crippen molar-refractivity contribution in [2.75, 3.05) is 13.2 Å². The molecule has 10 nitrogen and oxygen atoms in total. The number of ether oxygens (including phenoxy) is 2. The van der Waals surface area contributed by atoms with Gasteiger partial charge < -0.3 is 50.3 Å². The molecule has 16 atom stereocenters. The molecule has 0 unspecified atom stereocenters. The predicted octanol–water partition coefficient (Wildman–Crippen LogP) is 1.63. The van der Waals surface area contributed by atoms with Gasteiger partial charge in [-0.25, -0.2) is 0 Å². The quantitative estimate of drug-likeness (QED) is 0.167. The maximum Gasteiger partial charge on any atom is 0.187 e. The molecule has 1 aliphatic heterocycles. The zero-order valence-corrected chi connectivity index (χ0v) is 27.9. The Morgan fingerprint density at radius 3 is 2.18 bits per heavy atom. The maximum atomic E-state index is 11.9. The van der Waals surface area contributed by atoms with Gasteiger partial charge in [-0.3, -0.25) is 0 Å².